The molecule has 1 aromatic rings. The highest BCUT2D eigenvalue weighted by atomic mass is 28.2. The highest BCUT2D eigenvalue weighted by molar-refractivity contribution is 6.57. The summed E-state index contributed by atoms with van der Waals surface area (Å²) in [5, 5.41) is 2.20. The molecule has 2 aliphatic rings. The summed E-state index contributed by atoms with van der Waals surface area (Å²) in [6, 6.07) is 11.3. The molecule has 0 heterocycles. The van der Waals surface area contributed by atoms with Gasteiger partial charge >= 0.3 is 0 Å². The Morgan fingerprint density at radius 3 is 2.80 bits per heavy atom. The molecule has 0 aliphatic heterocycles. The Labute approximate surface area is 125 Å². The van der Waals surface area contributed by atoms with Gasteiger partial charge in [0.05, 0.1) is 9.52 Å². The van der Waals surface area contributed by atoms with Crippen molar-refractivity contribution >= 4 is 14.7 Å². The number of hydrogen-bond acceptors (Lipinski definition) is 0. The minimum Gasteiger partial charge on any atom is -0.0839 e. The standard InChI is InChI=1S/C19H26Si/c1-3-13-19(20-16-9-5-4-6-10-16)14-15(2)17-11-7-8-12-18(17)19/h4-10,12,15,17H,3,11,13-14,20H2,1-2H3. The van der Waals surface area contributed by atoms with E-state index < -0.39 is 0 Å². The van der Waals surface area contributed by atoms with Crippen LogP contribution in [0.2, 0.25) is 5.04 Å². The number of fused-ring (bicyclic) bond motifs is 1. The van der Waals surface area contributed by atoms with Crippen LogP contribution in [0.4, 0.5) is 0 Å². The Balaban J connectivity index is 1.95. The fourth-order valence-electron chi connectivity index (χ4n) is 4.61. The van der Waals surface area contributed by atoms with Crippen molar-refractivity contribution < 1.29 is 0 Å². The third-order valence-corrected chi connectivity index (χ3v) is 7.93. The van der Waals surface area contributed by atoms with Crippen LogP contribution in [0.25, 0.3) is 0 Å². The van der Waals surface area contributed by atoms with E-state index >= 15 is 0 Å². The Hall–Kier alpha value is -1.08. The van der Waals surface area contributed by atoms with E-state index in [2.05, 4.69) is 62.4 Å². The topological polar surface area (TPSA) is 0 Å². The summed E-state index contributed by atoms with van der Waals surface area (Å²) < 4.78 is 0. The minimum absolute atomic E-state index is 0.252. The first-order chi connectivity index (χ1) is 9.75. The van der Waals surface area contributed by atoms with Gasteiger partial charge in [0.25, 0.3) is 0 Å². The van der Waals surface area contributed by atoms with E-state index in [9.17, 15) is 0 Å². The van der Waals surface area contributed by atoms with Gasteiger partial charge in [0.15, 0.2) is 0 Å². The van der Waals surface area contributed by atoms with Crippen molar-refractivity contribution in [2.24, 2.45) is 11.8 Å². The molecule has 0 spiro atoms. The van der Waals surface area contributed by atoms with E-state index in [0.717, 1.165) is 11.8 Å². The Kier molecular flexibility index (Phi) is 3.98. The molecule has 0 radical (unpaired) electrons. The number of allylic oxidation sites excluding steroid dienone is 4. The molecular formula is C19H26Si. The molecule has 0 saturated heterocycles. The molecule has 3 rings (SSSR count). The van der Waals surface area contributed by atoms with Crippen LogP contribution >= 0.6 is 0 Å². The van der Waals surface area contributed by atoms with E-state index in [1.165, 1.54) is 25.7 Å². The van der Waals surface area contributed by atoms with Gasteiger partial charge in [-0.25, -0.2) is 0 Å². The molecule has 0 amide bonds. The summed E-state index contributed by atoms with van der Waals surface area (Å²) in [4.78, 5) is 0. The van der Waals surface area contributed by atoms with Crippen molar-refractivity contribution in [3.63, 3.8) is 0 Å². The lowest BCUT2D eigenvalue weighted by Gasteiger charge is -2.33. The summed E-state index contributed by atoms with van der Waals surface area (Å²) >= 11 is 0. The van der Waals surface area contributed by atoms with Crippen molar-refractivity contribution in [3.05, 3.63) is 54.1 Å². The zero-order valence-electron chi connectivity index (χ0n) is 12.8. The van der Waals surface area contributed by atoms with Gasteiger partial charge in [0.2, 0.25) is 0 Å². The van der Waals surface area contributed by atoms with Gasteiger partial charge in [-0.15, -0.1) is 0 Å². The van der Waals surface area contributed by atoms with E-state index in [4.69, 9.17) is 0 Å². The van der Waals surface area contributed by atoms with Gasteiger partial charge in [-0.2, -0.15) is 0 Å². The van der Waals surface area contributed by atoms with Crippen LogP contribution in [-0.2, 0) is 0 Å². The molecule has 1 aromatic carbocycles. The second-order valence-corrected chi connectivity index (χ2v) is 9.29. The molecule has 1 fully saturated rings. The lowest BCUT2D eigenvalue weighted by molar-refractivity contribution is 0.448. The molecule has 0 nitrogen and oxygen atoms in total. The molecular weight excluding hydrogens is 256 g/mol. The van der Waals surface area contributed by atoms with Gasteiger partial charge in [-0.05, 0) is 36.1 Å². The van der Waals surface area contributed by atoms with E-state index in [0.29, 0.717) is 5.04 Å². The van der Waals surface area contributed by atoms with Crippen molar-refractivity contribution in [2.75, 3.05) is 0 Å². The van der Waals surface area contributed by atoms with Crippen LogP contribution in [0.3, 0.4) is 0 Å². The fraction of sp³-hybridized carbons (Fsp3) is 0.474. The van der Waals surface area contributed by atoms with Gasteiger partial charge < -0.3 is 0 Å². The third kappa shape index (κ3) is 2.44. The highest BCUT2D eigenvalue weighted by Gasteiger charge is 2.46. The Morgan fingerprint density at radius 1 is 1.25 bits per heavy atom. The molecule has 106 valence electrons. The van der Waals surface area contributed by atoms with Crippen LogP contribution in [0.5, 0.6) is 0 Å². The second-order valence-electron chi connectivity index (χ2n) is 6.77. The summed E-state index contributed by atoms with van der Waals surface area (Å²) in [7, 11) is -0.252. The fourth-order valence-corrected chi connectivity index (χ4v) is 7.61. The van der Waals surface area contributed by atoms with Crippen molar-refractivity contribution in [1.82, 2.24) is 0 Å². The van der Waals surface area contributed by atoms with Gasteiger partial charge in [-0.1, -0.05) is 79.6 Å². The lowest BCUT2D eigenvalue weighted by Crippen LogP contribution is -2.30. The summed E-state index contributed by atoms with van der Waals surface area (Å²) in [6.07, 6.45) is 12.6. The maximum absolute atomic E-state index is 2.48. The predicted octanol–water partition coefficient (Wildman–Crippen LogP) is 3.98. The molecule has 0 N–H and O–H groups in total. The van der Waals surface area contributed by atoms with Crippen LogP contribution in [-0.4, -0.2) is 9.52 Å². The first-order valence-electron chi connectivity index (χ1n) is 8.16. The average molecular weight is 283 g/mol. The van der Waals surface area contributed by atoms with E-state index in [1.54, 1.807) is 5.19 Å². The molecule has 20 heavy (non-hydrogen) atoms. The third-order valence-electron chi connectivity index (χ3n) is 5.33. The maximum atomic E-state index is 2.48. The van der Waals surface area contributed by atoms with Gasteiger partial charge in [-0.3, -0.25) is 0 Å². The minimum atomic E-state index is -0.252. The van der Waals surface area contributed by atoms with Crippen LogP contribution in [0.1, 0.15) is 39.5 Å². The smallest absolute Gasteiger partial charge is 0.0658 e. The van der Waals surface area contributed by atoms with Crippen molar-refractivity contribution in [1.29, 1.82) is 0 Å². The number of rotatable bonds is 4. The molecule has 0 aromatic heterocycles. The first-order valence-corrected chi connectivity index (χ1v) is 9.58. The lowest BCUT2D eigenvalue weighted by atomic mass is 9.86. The summed E-state index contributed by atoms with van der Waals surface area (Å²) in [5.41, 5.74) is 1.81. The Bertz CT molecular complexity index is 514. The van der Waals surface area contributed by atoms with Crippen LogP contribution in [0, 0.1) is 11.8 Å². The summed E-state index contributed by atoms with van der Waals surface area (Å²) in [5.74, 6) is 1.71. The molecule has 1 saturated carbocycles. The van der Waals surface area contributed by atoms with E-state index in [1.807, 2.05) is 5.57 Å². The second kappa shape index (κ2) is 5.73. The SMILES string of the molecule is CCCC1([SiH2]c2ccccc2)CC(C)C2CC=CC=C21. The Morgan fingerprint density at radius 2 is 2.05 bits per heavy atom. The number of benzene rings is 1. The maximum Gasteiger partial charge on any atom is 0.0658 e. The normalized spacial score (nSPS) is 32.6. The monoisotopic (exact) mass is 282 g/mol. The molecule has 2 aliphatic carbocycles. The van der Waals surface area contributed by atoms with Crippen LogP contribution in [0.15, 0.2) is 54.1 Å². The zero-order chi connectivity index (χ0) is 14.0. The molecule has 3 unspecified atom stereocenters. The average Bonchev–Trinajstić information content (AvgIpc) is 2.74. The summed E-state index contributed by atoms with van der Waals surface area (Å²) in [6.45, 7) is 4.84. The molecule has 0 bridgehead atoms. The number of hydrogen-bond donors (Lipinski definition) is 0. The largest absolute Gasteiger partial charge is 0.0839 e. The first kappa shape index (κ1) is 13.9. The van der Waals surface area contributed by atoms with Crippen molar-refractivity contribution in [3.8, 4) is 0 Å². The van der Waals surface area contributed by atoms with Crippen LogP contribution < -0.4 is 5.19 Å². The highest BCUT2D eigenvalue weighted by Crippen LogP contribution is 2.59. The zero-order valence-corrected chi connectivity index (χ0v) is 14.2. The predicted molar refractivity (Wildman–Crippen MR) is 91.3 cm³/mol. The quantitative estimate of drug-likeness (QED) is 0.733. The van der Waals surface area contributed by atoms with E-state index in [-0.39, 0.29) is 9.52 Å². The molecule has 1 heteroatoms. The molecule has 3 atom stereocenters. The van der Waals surface area contributed by atoms with Crippen molar-refractivity contribution in [2.45, 2.75) is 44.6 Å². The van der Waals surface area contributed by atoms with Gasteiger partial charge in [0.1, 0.15) is 0 Å². The van der Waals surface area contributed by atoms with Gasteiger partial charge in [0, 0.05) is 0 Å².